The van der Waals surface area contributed by atoms with Crippen LogP contribution in [-0.2, 0) is 16.0 Å². The fourth-order valence-electron chi connectivity index (χ4n) is 4.03. The number of rotatable bonds is 8. The van der Waals surface area contributed by atoms with Crippen LogP contribution in [0.1, 0.15) is 59.6 Å². The fourth-order valence-corrected chi connectivity index (χ4v) is 4.03. The van der Waals surface area contributed by atoms with E-state index in [1.165, 1.54) is 0 Å². The molecule has 1 saturated heterocycles. The molecule has 3 rings (SSSR count). The summed E-state index contributed by atoms with van der Waals surface area (Å²) >= 11 is 0. The van der Waals surface area contributed by atoms with Crippen molar-refractivity contribution in [2.75, 3.05) is 32.8 Å². The summed E-state index contributed by atoms with van der Waals surface area (Å²) in [7, 11) is 0. The molecule has 0 saturated carbocycles. The van der Waals surface area contributed by atoms with Gasteiger partial charge in [0.1, 0.15) is 22.8 Å². The minimum atomic E-state index is -0.589. The third-order valence-corrected chi connectivity index (χ3v) is 5.61. The first-order chi connectivity index (χ1) is 16.3. The zero-order valence-corrected chi connectivity index (χ0v) is 20.2. The maximum Gasteiger partial charge on any atom is 0.342 e. The Morgan fingerprint density at radius 3 is 2.47 bits per heavy atom. The lowest BCUT2D eigenvalue weighted by Gasteiger charge is -2.39. The highest BCUT2D eigenvalue weighted by Gasteiger charge is 2.34. The number of carbonyl (C=O) groups excluding carboxylic acids is 3. The third-order valence-electron chi connectivity index (χ3n) is 5.61. The van der Waals surface area contributed by atoms with Gasteiger partial charge in [-0.3, -0.25) is 9.59 Å². The molecule has 0 spiro atoms. The summed E-state index contributed by atoms with van der Waals surface area (Å²) in [6, 6.07) is 8.95. The van der Waals surface area contributed by atoms with E-state index < -0.39 is 5.97 Å². The summed E-state index contributed by atoms with van der Waals surface area (Å²) in [6.45, 7) is 8.43. The van der Waals surface area contributed by atoms with Gasteiger partial charge in [-0.2, -0.15) is 0 Å². The zero-order valence-electron chi connectivity index (χ0n) is 20.2. The Morgan fingerprint density at radius 2 is 1.82 bits per heavy atom. The first kappa shape index (κ1) is 25.1. The highest BCUT2D eigenvalue weighted by molar-refractivity contribution is 6.04. The SMILES string of the molecule is CCCc1nc(C)nc(C(=O)N2CCN(C(=O)COc3ccccc3)C(C)C2)c1C(=O)OCC. The number of hydrogen-bond donors (Lipinski definition) is 0. The zero-order chi connectivity index (χ0) is 24.7. The van der Waals surface area contributed by atoms with Gasteiger partial charge in [0.15, 0.2) is 6.61 Å². The van der Waals surface area contributed by atoms with Crippen molar-refractivity contribution in [2.24, 2.45) is 0 Å². The van der Waals surface area contributed by atoms with Gasteiger partial charge in [0.25, 0.3) is 11.8 Å². The van der Waals surface area contributed by atoms with Crippen LogP contribution in [0.25, 0.3) is 0 Å². The van der Waals surface area contributed by atoms with Crippen molar-refractivity contribution in [1.29, 1.82) is 0 Å². The average molecular weight is 469 g/mol. The summed E-state index contributed by atoms with van der Waals surface area (Å²) < 4.78 is 10.8. The molecule has 1 aromatic heterocycles. The van der Waals surface area contributed by atoms with Crippen molar-refractivity contribution in [1.82, 2.24) is 19.8 Å². The summed E-state index contributed by atoms with van der Waals surface area (Å²) in [5, 5.41) is 0. The second-order valence-corrected chi connectivity index (χ2v) is 8.20. The van der Waals surface area contributed by atoms with Crippen LogP contribution in [0, 0.1) is 6.92 Å². The first-order valence-corrected chi connectivity index (χ1v) is 11.7. The molecule has 2 aromatic rings. The number of nitrogens with zero attached hydrogens (tertiary/aromatic N) is 4. The molecular formula is C25H32N4O5. The predicted molar refractivity (Wildman–Crippen MR) is 126 cm³/mol. The second kappa shape index (κ2) is 11.6. The summed E-state index contributed by atoms with van der Waals surface area (Å²) in [5.74, 6) is -0.0241. The maximum atomic E-state index is 13.5. The number of aromatic nitrogens is 2. The smallest absolute Gasteiger partial charge is 0.342 e. The van der Waals surface area contributed by atoms with Crippen LogP contribution in [0.4, 0.5) is 0 Å². The van der Waals surface area contributed by atoms with Crippen molar-refractivity contribution in [3.8, 4) is 5.75 Å². The van der Waals surface area contributed by atoms with Crippen molar-refractivity contribution in [3.63, 3.8) is 0 Å². The maximum absolute atomic E-state index is 13.5. The van der Waals surface area contributed by atoms with Gasteiger partial charge in [-0.25, -0.2) is 14.8 Å². The lowest BCUT2D eigenvalue weighted by molar-refractivity contribution is -0.137. The van der Waals surface area contributed by atoms with E-state index in [2.05, 4.69) is 9.97 Å². The fraction of sp³-hybridized carbons (Fsp3) is 0.480. The lowest BCUT2D eigenvalue weighted by Crippen LogP contribution is -2.56. The number of hydrogen-bond acceptors (Lipinski definition) is 7. The molecule has 2 amide bonds. The van der Waals surface area contributed by atoms with Gasteiger partial charge < -0.3 is 19.3 Å². The average Bonchev–Trinajstić information content (AvgIpc) is 2.82. The van der Waals surface area contributed by atoms with E-state index in [1.807, 2.05) is 32.0 Å². The quantitative estimate of drug-likeness (QED) is 0.549. The van der Waals surface area contributed by atoms with Gasteiger partial charge in [-0.1, -0.05) is 31.5 Å². The number of ether oxygens (including phenoxy) is 2. The molecule has 0 radical (unpaired) electrons. The van der Waals surface area contributed by atoms with Crippen LogP contribution >= 0.6 is 0 Å². The molecule has 0 N–H and O–H groups in total. The van der Waals surface area contributed by atoms with Crippen LogP contribution in [0.2, 0.25) is 0 Å². The second-order valence-electron chi connectivity index (χ2n) is 8.20. The molecule has 9 nitrogen and oxygen atoms in total. The van der Waals surface area contributed by atoms with Gasteiger partial charge in [0.2, 0.25) is 0 Å². The number of piperazine rings is 1. The van der Waals surface area contributed by atoms with Gasteiger partial charge in [-0.15, -0.1) is 0 Å². The van der Waals surface area contributed by atoms with Gasteiger partial charge >= 0.3 is 5.97 Å². The standard InChI is InChI=1S/C25H32N4O5/c1-5-10-20-22(25(32)33-6-2)23(27-18(4)26-20)24(31)28-13-14-29(17(3)15-28)21(30)16-34-19-11-8-7-9-12-19/h7-9,11-12,17H,5-6,10,13-16H2,1-4H3. The molecule has 2 heterocycles. The van der Waals surface area contributed by atoms with Crippen molar-refractivity contribution < 1.29 is 23.9 Å². The Balaban J connectivity index is 1.74. The molecule has 1 atom stereocenters. The molecule has 1 aromatic carbocycles. The molecule has 182 valence electrons. The predicted octanol–water partition coefficient (Wildman–Crippen LogP) is 2.67. The van der Waals surface area contributed by atoms with E-state index in [0.717, 1.165) is 6.42 Å². The van der Waals surface area contributed by atoms with Crippen molar-refractivity contribution in [3.05, 3.63) is 53.1 Å². The van der Waals surface area contributed by atoms with E-state index in [0.29, 0.717) is 43.3 Å². The molecular weight excluding hydrogens is 436 g/mol. The summed E-state index contributed by atoms with van der Waals surface area (Å²) in [5.41, 5.74) is 0.729. The van der Waals surface area contributed by atoms with E-state index in [1.54, 1.807) is 35.8 Å². The number of carbonyl (C=O) groups is 3. The van der Waals surface area contributed by atoms with Crippen molar-refractivity contribution >= 4 is 17.8 Å². The highest BCUT2D eigenvalue weighted by atomic mass is 16.5. The minimum absolute atomic E-state index is 0.0637. The molecule has 1 unspecified atom stereocenters. The van der Waals surface area contributed by atoms with Crippen LogP contribution in [-0.4, -0.2) is 76.4 Å². The normalized spacial score (nSPS) is 15.7. The van der Waals surface area contributed by atoms with Crippen LogP contribution in [0.5, 0.6) is 5.75 Å². The number of aryl methyl sites for hydroxylation is 2. The number of benzene rings is 1. The highest BCUT2D eigenvalue weighted by Crippen LogP contribution is 2.20. The Kier molecular flexibility index (Phi) is 8.56. The topological polar surface area (TPSA) is 102 Å². The monoisotopic (exact) mass is 468 g/mol. The molecule has 0 aliphatic carbocycles. The molecule has 0 bridgehead atoms. The molecule has 9 heteroatoms. The van der Waals surface area contributed by atoms with Crippen LogP contribution < -0.4 is 4.74 Å². The van der Waals surface area contributed by atoms with E-state index in [9.17, 15) is 14.4 Å². The Bertz CT molecular complexity index is 1030. The van der Waals surface area contributed by atoms with E-state index in [4.69, 9.17) is 9.47 Å². The Morgan fingerprint density at radius 1 is 1.09 bits per heavy atom. The van der Waals surface area contributed by atoms with Crippen LogP contribution in [0.15, 0.2) is 30.3 Å². The van der Waals surface area contributed by atoms with Crippen LogP contribution in [0.3, 0.4) is 0 Å². The van der Waals surface area contributed by atoms with Gasteiger partial charge in [-0.05, 0) is 39.3 Å². The molecule has 1 aliphatic rings. The number of esters is 1. The van der Waals surface area contributed by atoms with Gasteiger partial charge in [0, 0.05) is 25.7 Å². The summed E-state index contributed by atoms with van der Waals surface area (Å²) in [4.78, 5) is 51.0. The number of para-hydroxylation sites is 1. The minimum Gasteiger partial charge on any atom is -0.484 e. The molecule has 1 aliphatic heterocycles. The Labute approximate surface area is 200 Å². The molecule has 1 fully saturated rings. The van der Waals surface area contributed by atoms with Crippen molar-refractivity contribution in [2.45, 2.75) is 46.6 Å². The van der Waals surface area contributed by atoms with E-state index in [-0.39, 0.29) is 42.3 Å². The Hall–Kier alpha value is -3.49. The van der Waals surface area contributed by atoms with Gasteiger partial charge in [0.05, 0.1) is 12.3 Å². The number of amides is 2. The first-order valence-electron chi connectivity index (χ1n) is 11.7. The largest absolute Gasteiger partial charge is 0.484 e. The lowest BCUT2D eigenvalue weighted by atomic mass is 10.1. The summed E-state index contributed by atoms with van der Waals surface area (Å²) in [6.07, 6.45) is 1.30. The van der Waals surface area contributed by atoms with E-state index >= 15 is 0 Å². The third kappa shape index (κ3) is 5.89. The molecule has 34 heavy (non-hydrogen) atoms.